The van der Waals surface area contributed by atoms with Gasteiger partial charge >= 0.3 is 6.09 Å². The summed E-state index contributed by atoms with van der Waals surface area (Å²) in [5.74, 6) is 0.598. The third-order valence-electron chi connectivity index (χ3n) is 1.33. The molecule has 13 heavy (non-hydrogen) atoms. The van der Waals surface area contributed by atoms with Gasteiger partial charge in [0.25, 0.3) is 5.88 Å². The highest BCUT2D eigenvalue weighted by Gasteiger charge is 2.21. The quantitative estimate of drug-likeness (QED) is 0.716. The summed E-state index contributed by atoms with van der Waals surface area (Å²) in [7, 11) is 0. The smallest absolute Gasteiger partial charge is 0.411 e. The van der Waals surface area contributed by atoms with E-state index in [1.807, 2.05) is 20.8 Å². The second-order valence-corrected chi connectivity index (χ2v) is 3.66. The number of ether oxygens (including phenoxy) is 1. The number of nitrogens with two attached hydrogens (primary N) is 1. The van der Waals surface area contributed by atoms with E-state index >= 15 is 0 Å². The maximum atomic E-state index is 10.3. The second kappa shape index (κ2) is 3.08. The van der Waals surface area contributed by atoms with Gasteiger partial charge in [-0.25, -0.2) is 4.79 Å². The number of primary amides is 1. The molecule has 1 heterocycles. The van der Waals surface area contributed by atoms with E-state index in [1.165, 1.54) is 6.26 Å². The number of amides is 1. The van der Waals surface area contributed by atoms with E-state index < -0.39 is 6.09 Å². The number of carbonyl (C=O) groups excluding carboxylic acids is 1. The van der Waals surface area contributed by atoms with Crippen LogP contribution in [0.15, 0.2) is 10.7 Å². The topological polar surface area (TPSA) is 78.4 Å². The van der Waals surface area contributed by atoms with Gasteiger partial charge in [0, 0.05) is 5.41 Å². The van der Waals surface area contributed by atoms with Gasteiger partial charge in [-0.1, -0.05) is 20.8 Å². The molecule has 5 heteroatoms. The fourth-order valence-electron chi connectivity index (χ4n) is 0.753. The first-order valence-corrected chi connectivity index (χ1v) is 3.83. The Balaban J connectivity index is 2.81. The van der Waals surface area contributed by atoms with E-state index in [9.17, 15) is 4.79 Å². The molecule has 0 aliphatic carbocycles. The zero-order valence-corrected chi connectivity index (χ0v) is 7.83. The van der Waals surface area contributed by atoms with E-state index in [0.29, 0.717) is 5.89 Å². The average Bonchev–Trinajstić information content (AvgIpc) is 2.32. The molecule has 0 saturated carbocycles. The molecule has 1 amide bonds. The van der Waals surface area contributed by atoms with E-state index in [2.05, 4.69) is 9.72 Å². The fraction of sp³-hybridized carbons (Fsp3) is 0.500. The SMILES string of the molecule is CC(C)(C)c1nc(OC(N)=O)co1. The Hall–Kier alpha value is -1.52. The number of hydrogen-bond acceptors (Lipinski definition) is 4. The molecule has 0 aliphatic rings. The van der Waals surface area contributed by atoms with Gasteiger partial charge in [-0.15, -0.1) is 0 Å². The third-order valence-corrected chi connectivity index (χ3v) is 1.33. The van der Waals surface area contributed by atoms with Crippen molar-refractivity contribution in [2.45, 2.75) is 26.2 Å². The normalized spacial score (nSPS) is 11.3. The molecular weight excluding hydrogens is 172 g/mol. The van der Waals surface area contributed by atoms with Crippen LogP contribution in [0.5, 0.6) is 5.88 Å². The van der Waals surface area contributed by atoms with Crippen LogP contribution >= 0.6 is 0 Å². The van der Waals surface area contributed by atoms with Gasteiger partial charge in [-0.05, 0) is 0 Å². The van der Waals surface area contributed by atoms with Crippen LogP contribution in [0, 0.1) is 0 Å². The Bertz CT molecular complexity index is 311. The highest BCUT2D eigenvalue weighted by molar-refractivity contribution is 5.67. The molecule has 2 N–H and O–H groups in total. The van der Waals surface area contributed by atoms with Crippen LogP contribution in [0.2, 0.25) is 0 Å². The summed E-state index contributed by atoms with van der Waals surface area (Å²) in [4.78, 5) is 14.3. The van der Waals surface area contributed by atoms with Gasteiger partial charge in [-0.2, -0.15) is 4.98 Å². The van der Waals surface area contributed by atoms with E-state index in [4.69, 9.17) is 10.2 Å². The summed E-state index contributed by atoms with van der Waals surface area (Å²) in [6.45, 7) is 5.81. The summed E-state index contributed by atoms with van der Waals surface area (Å²) >= 11 is 0. The van der Waals surface area contributed by atoms with Crippen molar-refractivity contribution in [3.8, 4) is 5.88 Å². The lowest BCUT2D eigenvalue weighted by Crippen LogP contribution is -2.17. The Morgan fingerprint density at radius 1 is 1.62 bits per heavy atom. The number of nitrogens with zero attached hydrogens (tertiary/aromatic N) is 1. The third kappa shape index (κ3) is 2.47. The molecule has 72 valence electrons. The van der Waals surface area contributed by atoms with Crippen molar-refractivity contribution in [2.75, 3.05) is 0 Å². The van der Waals surface area contributed by atoms with Gasteiger partial charge in [0.2, 0.25) is 5.89 Å². The summed E-state index contributed by atoms with van der Waals surface area (Å²) in [5.41, 5.74) is 4.59. The predicted molar refractivity (Wildman–Crippen MR) is 45.4 cm³/mol. The number of rotatable bonds is 1. The minimum Gasteiger partial charge on any atom is -0.444 e. The molecule has 0 unspecified atom stereocenters. The van der Waals surface area contributed by atoms with Crippen molar-refractivity contribution in [3.63, 3.8) is 0 Å². The zero-order valence-electron chi connectivity index (χ0n) is 7.83. The monoisotopic (exact) mass is 184 g/mol. The molecule has 0 spiro atoms. The van der Waals surface area contributed by atoms with Crippen molar-refractivity contribution >= 4 is 6.09 Å². The van der Waals surface area contributed by atoms with Gasteiger partial charge in [0.15, 0.2) is 6.26 Å². The first kappa shape index (κ1) is 9.57. The molecule has 0 atom stereocenters. The molecule has 0 saturated heterocycles. The first-order valence-electron chi connectivity index (χ1n) is 3.83. The number of aromatic nitrogens is 1. The van der Waals surface area contributed by atoms with Gasteiger partial charge < -0.3 is 14.9 Å². The molecule has 1 rings (SSSR count). The Morgan fingerprint density at radius 3 is 2.62 bits per heavy atom. The van der Waals surface area contributed by atoms with Crippen molar-refractivity contribution in [1.29, 1.82) is 0 Å². The van der Waals surface area contributed by atoms with Gasteiger partial charge in [0.1, 0.15) is 0 Å². The average molecular weight is 184 g/mol. The number of oxazole rings is 1. The Labute approximate surface area is 75.9 Å². The maximum Gasteiger partial charge on any atom is 0.411 e. The fourth-order valence-corrected chi connectivity index (χ4v) is 0.753. The van der Waals surface area contributed by atoms with Crippen molar-refractivity contribution in [1.82, 2.24) is 4.98 Å². The molecule has 0 fully saturated rings. The van der Waals surface area contributed by atoms with Crippen LogP contribution in [0.4, 0.5) is 4.79 Å². The van der Waals surface area contributed by atoms with Crippen LogP contribution in [-0.2, 0) is 5.41 Å². The largest absolute Gasteiger partial charge is 0.444 e. The summed E-state index contributed by atoms with van der Waals surface area (Å²) in [6, 6.07) is 0. The van der Waals surface area contributed by atoms with Gasteiger partial charge in [-0.3, -0.25) is 0 Å². The van der Waals surface area contributed by atoms with Crippen LogP contribution in [-0.4, -0.2) is 11.1 Å². The second-order valence-electron chi connectivity index (χ2n) is 3.66. The molecule has 1 aromatic rings. The molecular formula is C8H12N2O3. The maximum absolute atomic E-state index is 10.3. The minimum absolute atomic E-state index is 0.0948. The zero-order chi connectivity index (χ0) is 10.1. The van der Waals surface area contributed by atoms with Crippen molar-refractivity contribution in [3.05, 3.63) is 12.2 Å². The lowest BCUT2D eigenvalue weighted by molar-refractivity contribution is 0.209. The standard InChI is InChI=1S/C8H12N2O3/c1-8(2,3)6-10-5(4-12-6)13-7(9)11/h4H,1-3H3,(H2,9,11). The molecule has 0 radical (unpaired) electrons. The van der Waals surface area contributed by atoms with Crippen LogP contribution in [0.25, 0.3) is 0 Å². The van der Waals surface area contributed by atoms with E-state index in [1.54, 1.807) is 0 Å². The highest BCUT2D eigenvalue weighted by Crippen LogP contribution is 2.23. The summed E-state index contributed by atoms with van der Waals surface area (Å²) in [5, 5.41) is 0. The molecule has 0 aromatic carbocycles. The van der Waals surface area contributed by atoms with Crippen LogP contribution in [0.1, 0.15) is 26.7 Å². The molecule has 0 bridgehead atoms. The first-order chi connectivity index (χ1) is 5.89. The number of hydrogen-bond donors (Lipinski definition) is 1. The lowest BCUT2D eigenvalue weighted by atomic mass is 9.97. The minimum atomic E-state index is -0.895. The van der Waals surface area contributed by atoms with Crippen molar-refractivity contribution in [2.24, 2.45) is 5.73 Å². The highest BCUT2D eigenvalue weighted by atomic mass is 16.6. The Morgan fingerprint density at radius 2 is 2.23 bits per heavy atom. The summed E-state index contributed by atoms with van der Waals surface area (Å²) in [6.07, 6.45) is 0.361. The van der Waals surface area contributed by atoms with Crippen LogP contribution < -0.4 is 10.5 Å². The predicted octanol–water partition coefficient (Wildman–Crippen LogP) is 1.43. The van der Waals surface area contributed by atoms with Gasteiger partial charge in [0.05, 0.1) is 0 Å². The Kier molecular flexibility index (Phi) is 2.27. The van der Waals surface area contributed by atoms with E-state index in [-0.39, 0.29) is 11.3 Å². The van der Waals surface area contributed by atoms with E-state index in [0.717, 1.165) is 0 Å². The molecule has 1 aromatic heterocycles. The molecule has 5 nitrogen and oxygen atoms in total. The van der Waals surface area contributed by atoms with Crippen molar-refractivity contribution < 1.29 is 13.9 Å². The number of carbonyl (C=O) groups is 1. The van der Waals surface area contributed by atoms with Crippen LogP contribution in [0.3, 0.4) is 0 Å². The summed E-state index contributed by atoms with van der Waals surface area (Å²) < 4.78 is 9.61. The lowest BCUT2D eigenvalue weighted by Gasteiger charge is -2.11. The molecule has 0 aliphatic heterocycles.